The van der Waals surface area contributed by atoms with Crippen LogP contribution in [0.1, 0.15) is 42.3 Å². The van der Waals surface area contributed by atoms with Crippen LogP contribution in [0.25, 0.3) is 0 Å². The van der Waals surface area contributed by atoms with E-state index in [1.807, 2.05) is 13.8 Å². The van der Waals surface area contributed by atoms with Gasteiger partial charge in [0, 0.05) is 5.56 Å². The number of carbonyl (C=O) groups is 2. The Bertz CT molecular complexity index is 503. The van der Waals surface area contributed by atoms with E-state index in [-0.39, 0.29) is 6.61 Å². The molecule has 0 spiro atoms. The van der Waals surface area contributed by atoms with E-state index in [2.05, 4.69) is 13.8 Å². The van der Waals surface area contributed by atoms with Gasteiger partial charge in [0.05, 0.1) is 13.2 Å². The minimum absolute atomic E-state index is 0.193. The smallest absolute Gasteiger partial charge is 0.379 e. The molecule has 1 aromatic carbocycles. The van der Waals surface area contributed by atoms with E-state index in [4.69, 9.17) is 9.47 Å². The van der Waals surface area contributed by atoms with Crippen LogP contribution in [0.3, 0.4) is 0 Å². The molecule has 0 atom stereocenters. The van der Waals surface area contributed by atoms with Crippen LogP contribution in [-0.2, 0) is 9.53 Å². The maximum atomic E-state index is 12.0. The van der Waals surface area contributed by atoms with E-state index in [0.29, 0.717) is 18.1 Å². The lowest BCUT2D eigenvalue weighted by molar-refractivity contribution is -0.137. The van der Waals surface area contributed by atoms with Crippen LogP contribution in [0.15, 0.2) is 12.1 Å². The fourth-order valence-electron chi connectivity index (χ4n) is 1.76. The normalized spacial score (nSPS) is 10.5. The monoisotopic (exact) mass is 278 g/mol. The third-order valence-corrected chi connectivity index (χ3v) is 3.02. The lowest BCUT2D eigenvalue weighted by atomic mass is 9.99. The second-order valence-electron chi connectivity index (χ2n) is 5.12. The second kappa shape index (κ2) is 7.08. The maximum Gasteiger partial charge on any atom is 0.379 e. The van der Waals surface area contributed by atoms with Gasteiger partial charge in [0.25, 0.3) is 5.78 Å². The first-order valence-corrected chi connectivity index (χ1v) is 6.82. The Labute approximate surface area is 120 Å². The van der Waals surface area contributed by atoms with Gasteiger partial charge in [0.1, 0.15) is 5.75 Å². The standard InChI is InChI=1S/C16H22O4/c1-6-19-16(18)15(17)13-7-8-14(12(5)11(13)4)20-9-10(2)3/h7-8,10H,6,9H2,1-5H3. The predicted molar refractivity (Wildman–Crippen MR) is 77.2 cm³/mol. The van der Waals surface area contributed by atoms with Crippen LogP contribution in [0.2, 0.25) is 0 Å². The fraction of sp³-hybridized carbons (Fsp3) is 0.500. The molecule has 0 aliphatic heterocycles. The Morgan fingerprint density at radius 2 is 1.80 bits per heavy atom. The van der Waals surface area contributed by atoms with Crippen molar-refractivity contribution >= 4 is 11.8 Å². The van der Waals surface area contributed by atoms with E-state index in [1.165, 1.54) is 0 Å². The largest absolute Gasteiger partial charge is 0.493 e. The Kier molecular flexibility index (Phi) is 5.74. The summed E-state index contributed by atoms with van der Waals surface area (Å²) in [6, 6.07) is 3.36. The van der Waals surface area contributed by atoms with Crippen LogP contribution < -0.4 is 4.74 Å². The lowest BCUT2D eigenvalue weighted by Crippen LogP contribution is -2.19. The summed E-state index contributed by atoms with van der Waals surface area (Å²) in [5, 5.41) is 0. The predicted octanol–water partition coefficient (Wildman–Crippen LogP) is 3.08. The molecule has 110 valence electrons. The van der Waals surface area contributed by atoms with Gasteiger partial charge in [-0.3, -0.25) is 4.79 Å². The number of carbonyl (C=O) groups excluding carboxylic acids is 2. The molecule has 1 aromatic rings. The molecule has 0 aromatic heterocycles. The molecule has 0 saturated heterocycles. The number of benzene rings is 1. The minimum atomic E-state index is -0.814. The van der Waals surface area contributed by atoms with Gasteiger partial charge in [0.15, 0.2) is 0 Å². The molecule has 0 heterocycles. The fourth-order valence-corrected chi connectivity index (χ4v) is 1.76. The number of esters is 1. The molecule has 0 fully saturated rings. The summed E-state index contributed by atoms with van der Waals surface area (Å²) in [7, 11) is 0. The number of ketones is 1. The molecular formula is C16H22O4. The van der Waals surface area contributed by atoms with Crippen molar-refractivity contribution < 1.29 is 19.1 Å². The van der Waals surface area contributed by atoms with Gasteiger partial charge >= 0.3 is 5.97 Å². The van der Waals surface area contributed by atoms with E-state index < -0.39 is 11.8 Å². The molecule has 0 aliphatic carbocycles. The van der Waals surface area contributed by atoms with Crippen molar-refractivity contribution in [1.82, 2.24) is 0 Å². The minimum Gasteiger partial charge on any atom is -0.493 e. The summed E-state index contributed by atoms with van der Waals surface area (Å²) in [4.78, 5) is 23.5. The van der Waals surface area contributed by atoms with E-state index in [1.54, 1.807) is 19.1 Å². The molecule has 4 nitrogen and oxygen atoms in total. The number of Topliss-reactive ketones (excluding diaryl/α,β-unsaturated/α-hetero) is 1. The summed E-state index contributed by atoms with van der Waals surface area (Å²) in [5.41, 5.74) is 2.00. The van der Waals surface area contributed by atoms with E-state index >= 15 is 0 Å². The molecule has 1 rings (SSSR count). The summed E-state index contributed by atoms with van der Waals surface area (Å²) in [6.07, 6.45) is 0. The topological polar surface area (TPSA) is 52.6 Å². The first kappa shape index (κ1) is 16.2. The third kappa shape index (κ3) is 3.83. The van der Waals surface area contributed by atoms with Gasteiger partial charge in [0.2, 0.25) is 0 Å². The van der Waals surface area contributed by atoms with Crippen LogP contribution in [0.4, 0.5) is 0 Å². The van der Waals surface area contributed by atoms with Gasteiger partial charge < -0.3 is 9.47 Å². The van der Waals surface area contributed by atoms with Gasteiger partial charge in [-0.1, -0.05) is 13.8 Å². The number of ether oxygens (including phenoxy) is 2. The number of hydrogen-bond donors (Lipinski definition) is 0. The van der Waals surface area contributed by atoms with Crippen molar-refractivity contribution in [2.75, 3.05) is 13.2 Å². The van der Waals surface area contributed by atoms with Crippen LogP contribution in [-0.4, -0.2) is 25.0 Å². The average Bonchev–Trinajstić information content (AvgIpc) is 2.40. The van der Waals surface area contributed by atoms with Gasteiger partial charge in [-0.2, -0.15) is 0 Å². The van der Waals surface area contributed by atoms with E-state index in [9.17, 15) is 9.59 Å². The molecule has 0 saturated carbocycles. The van der Waals surface area contributed by atoms with Crippen molar-refractivity contribution in [1.29, 1.82) is 0 Å². The molecule has 20 heavy (non-hydrogen) atoms. The van der Waals surface area contributed by atoms with Crippen molar-refractivity contribution in [2.45, 2.75) is 34.6 Å². The average molecular weight is 278 g/mol. The molecule has 0 unspecified atom stereocenters. The molecular weight excluding hydrogens is 256 g/mol. The van der Waals surface area contributed by atoms with Crippen LogP contribution in [0, 0.1) is 19.8 Å². The highest BCUT2D eigenvalue weighted by atomic mass is 16.5. The molecule has 0 bridgehead atoms. The molecule has 0 aliphatic rings. The molecule has 4 heteroatoms. The highest BCUT2D eigenvalue weighted by Gasteiger charge is 2.21. The third-order valence-electron chi connectivity index (χ3n) is 3.02. The van der Waals surface area contributed by atoms with Crippen molar-refractivity contribution in [2.24, 2.45) is 5.92 Å². The summed E-state index contributed by atoms with van der Waals surface area (Å²) in [5.74, 6) is -0.249. The highest BCUT2D eigenvalue weighted by molar-refractivity contribution is 6.41. The number of hydrogen-bond acceptors (Lipinski definition) is 4. The van der Waals surface area contributed by atoms with Gasteiger partial charge in [-0.25, -0.2) is 4.79 Å². The second-order valence-corrected chi connectivity index (χ2v) is 5.12. The SMILES string of the molecule is CCOC(=O)C(=O)c1ccc(OCC(C)C)c(C)c1C. The summed E-state index contributed by atoms with van der Waals surface area (Å²) in [6.45, 7) is 10.3. The molecule has 0 radical (unpaired) electrons. The Hall–Kier alpha value is -1.84. The van der Waals surface area contributed by atoms with Crippen molar-refractivity contribution in [3.63, 3.8) is 0 Å². The Balaban J connectivity index is 2.99. The van der Waals surface area contributed by atoms with Crippen LogP contribution in [0.5, 0.6) is 5.75 Å². The number of rotatable bonds is 6. The summed E-state index contributed by atoms with van der Waals surface area (Å²) >= 11 is 0. The zero-order valence-corrected chi connectivity index (χ0v) is 12.8. The zero-order valence-electron chi connectivity index (χ0n) is 12.8. The first-order valence-electron chi connectivity index (χ1n) is 6.82. The summed E-state index contributed by atoms with van der Waals surface area (Å²) < 4.78 is 10.4. The van der Waals surface area contributed by atoms with E-state index in [0.717, 1.165) is 16.9 Å². The Morgan fingerprint density at radius 3 is 2.35 bits per heavy atom. The van der Waals surface area contributed by atoms with Gasteiger partial charge in [-0.05, 0) is 49.9 Å². The molecule has 0 N–H and O–H groups in total. The Morgan fingerprint density at radius 1 is 1.15 bits per heavy atom. The quantitative estimate of drug-likeness (QED) is 0.456. The first-order chi connectivity index (χ1) is 9.38. The van der Waals surface area contributed by atoms with Crippen molar-refractivity contribution in [3.8, 4) is 5.75 Å². The van der Waals surface area contributed by atoms with Crippen molar-refractivity contribution in [3.05, 3.63) is 28.8 Å². The molecule has 0 amide bonds. The highest BCUT2D eigenvalue weighted by Crippen LogP contribution is 2.25. The van der Waals surface area contributed by atoms with Crippen LogP contribution >= 0.6 is 0 Å². The lowest BCUT2D eigenvalue weighted by Gasteiger charge is -2.14. The zero-order chi connectivity index (χ0) is 15.3. The van der Waals surface area contributed by atoms with Gasteiger partial charge in [-0.15, -0.1) is 0 Å². The maximum absolute atomic E-state index is 12.0.